The zero-order chi connectivity index (χ0) is 19.3. The van der Waals surface area contributed by atoms with Crippen LogP contribution < -0.4 is 5.32 Å². The molecule has 28 heavy (non-hydrogen) atoms. The predicted molar refractivity (Wildman–Crippen MR) is 115 cm³/mol. The molecule has 0 atom stereocenters. The number of thioether (sulfide) groups is 1. The highest BCUT2D eigenvalue weighted by atomic mass is 32.2. The monoisotopic (exact) mass is 446 g/mol. The maximum absolute atomic E-state index is 12.5. The number of carbonyl (C=O) groups excluding carboxylic acids is 1. The second kappa shape index (κ2) is 8.78. The van der Waals surface area contributed by atoms with Gasteiger partial charge in [0.2, 0.25) is 11.0 Å². The van der Waals surface area contributed by atoms with Gasteiger partial charge in [-0.1, -0.05) is 59.5 Å². The SMILES string of the molecule is O=C(Cn1c(-c2cccs2)n[nH]c1=S)Nc1nnc(SCc2ccccc2)s1. The van der Waals surface area contributed by atoms with Gasteiger partial charge in [0.1, 0.15) is 6.54 Å². The highest BCUT2D eigenvalue weighted by Gasteiger charge is 2.15. The fourth-order valence-electron chi connectivity index (χ4n) is 2.40. The van der Waals surface area contributed by atoms with E-state index in [0.717, 1.165) is 15.0 Å². The van der Waals surface area contributed by atoms with E-state index in [1.54, 1.807) is 16.3 Å². The Morgan fingerprint density at radius 2 is 2.07 bits per heavy atom. The van der Waals surface area contributed by atoms with Gasteiger partial charge in [0, 0.05) is 5.75 Å². The highest BCUT2D eigenvalue weighted by molar-refractivity contribution is 8.00. The normalized spacial score (nSPS) is 10.9. The molecule has 4 aromatic rings. The third-order valence-electron chi connectivity index (χ3n) is 3.66. The van der Waals surface area contributed by atoms with Crippen LogP contribution in [0.1, 0.15) is 5.56 Å². The molecule has 0 saturated carbocycles. The molecular weight excluding hydrogens is 432 g/mol. The highest BCUT2D eigenvalue weighted by Crippen LogP contribution is 2.28. The molecule has 11 heteroatoms. The first-order valence-corrected chi connectivity index (χ1v) is 11.3. The van der Waals surface area contributed by atoms with E-state index >= 15 is 0 Å². The van der Waals surface area contributed by atoms with E-state index in [0.29, 0.717) is 15.7 Å². The van der Waals surface area contributed by atoms with Gasteiger partial charge in [-0.25, -0.2) is 0 Å². The fourth-order valence-corrected chi connectivity index (χ4v) is 5.04. The minimum Gasteiger partial charge on any atom is -0.299 e. The van der Waals surface area contributed by atoms with Crippen molar-refractivity contribution in [2.24, 2.45) is 0 Å². The zero-order valence-corrected chi connectivity index (χ0v) is 17.6. The van der Waals surface area contributed by atoms with Gasteiger partial charge in [0.15, 0.2) is 14.9 Å². The Balaban J connectivity index is 1.38. The number of hydrogen-bond donors (Lipinski definition) is 2. The summed E-state index contributed by atoms with van der Waals surface area (Å²) in [7, 11) is 0. The van der Waals surface area contributed by atoms with Crippen LogP contribution in [0.25, 0.3) is 10.7 Å². The first-order valence-electron chi connectivity index (χ1n) is 8.18. The number of H-pyrrole nitrogens is 1. The maximum atomic E-state index is 12.5. The first-order chi connectivity index (χ1) is 13.7. The van der Waals surface area contributed by atoms with Crippen LogP contribution in [-0.4, -0.2) is 30.9 Å². The Morgan fingerprint density at radius 3 is 2.86 bits per heavy atom. The Bertz CT molecular complexity index is 1120. The van der Waals surface area contributed by atoms with E-state index in [2.05, 4.69) is 37.8 Å². The van der Waals surface area contributed by atoms with Gasteiger partial charge in [-0.3, -0.25) is 19.8 Å². The molecule has 0 fully saturated rings. The molecule has 7 nitrogen and oxygen atoms in total. The van der Waals surface area contributed by atoms with Crippen LogP contribution in [0.2, 0.25) is 0 Å². The van der Waals surface area contributed by atoms with Crippen LogP contribution in [-0.2, 0) is 17.1 Å². The molecule has 0 saturated heterocycles. The lowest BCUT2D eigenvalue weighted by Gasteiger charge is -2.05. The number of nitrogens with one attached hydrogen (secondary N) is 2. The number of benzene rings is 1. The third-order valence-corrected chi connectivity index (χ3v) is 6.88. The first kappa shape index (κ1) is 19.0. The summed E-state index contributed by atoms with van der Waals surface area (Å²) in [6.07, 6.45) is 0. The van der Waals surface area contributed by atoms with Gasteiger partial charge in [-0.15, -0.1) is 21.5 Å². The van der Waals surface area contributed by atoms with Crippen molar-refractivity contribution in [3.63, 3.8) is 0 Å². The second-order valence-electron chi connectivity index (χ2n) is 5.61. The topological polar surface area (TPSA) is 88.5 Å². The predicted octanol–water partition coefficient (Wildman–Crippen LogP) is 4.45. The summed E-state index contributed by atoms with van der Waals surface area (Å²) in [6, 6.07) is 14.0. The van der Waals surface area contributed by atoms with E-state index < -0.39 is 0 Å². The number of hydrogen-bond acceptors (Lipinski definition) is 8. The number of rotatable bonds is 7. The van der Waals surface area contributed by atoms with E-state index in [4.69, 9.17) is 12.2 Å². The largest absolute Gasteiger partial charge is 0.299 e. The molecule has 0 aliphatic carbocycles. The molecule has 1 aromatic carbocycles. The quantitative estimate of drug-likeness (QED) is 0.248. The Labute approximate surface area is 177 Å². The minimum absolute atomic E-state index is 0.0502. The molecule has 0 aliphatic rings. The van der Waals surface area contributed by atoms with Gasteiger partial charge in [-0.05, 0) is 29.2 Å². The molecule has 3 heterocycles. The van der Waals surface area contributed by atoms with Gasteiger partial charge >= 0.3 is 0 Å². The summed E-state index contributed by atoms with van der Waals surface area (Å²) in [5.74, 6) is 1.22. The smallest absolute Gasteiger partial charge is 0.246 e. The summed E-state index contributed by atoms with van der Waals surface area (Å²) in [4.78, 5) is 13.4. The molecule has 0 radical (unpaired) electrons. The fraction of sp³-hybridized carbons (Fsp3) is 0.118. The summed E-state index contributed by atoms with van der Waals surface area (Å²) >= 11 is 9.73. The molecule has 0 spiro atoms. The second-order valence-corrected chi connectivity index (χ2v) is 9.15. The number of carbonyl (C=O) groups is 1. The summed E-state index contributed by atoms with van der Waals surface area (Å²) < 4.78 is 2.87. The number of nitrogens with zero attached hydrogens (tertiary/aromatic N) is 4. The van der Waals surface area contributed by atoms with Crippen LogP contribution in [0.15, 0.2) is 52.2 Å². The van der Waals surface area contributed by atoms with Crippen molar-refractivity contribution in [1.82, 2.24) is 25.0 Å². The van der Waals surface area contributed by atoms with Crippen LogP contribution in [0.4, 0.5) is 5.13 Å². The number of aromatic amines is 1. The number of anilines is 1. The van der Waals surface area contributed by atoms with E-state index in [1.807, 2.05) is 35.7 Å². The molecule has 142 valence electrons. The maximum Gasteiger partial charge on any atom is 0.246 e. The Morgan fingerprint density at radius 1 is 1.21 bits per heavy atom. The Kier molecular flexibility index (Phi) is 5.95. The molecule has 0 unspecified atom stereocenters. The molecule has 2 N–H and O–H groups in total. The standard InChI is InChI=1S/C17H14N6OS4/c24-13(9-23-14(19-21-16(23)25)12-7-4-8-26-12)18-15-20-22-17(28-15)27-10-11-5-2-1-3-6-11/h1-8H,9-10H2,(H,21,25)(H,18,20,24). The van der Waals surface area contributed by atoms with Gasteiger partial charge < -0.3 is 0 Å². The van der Waals surface area contributed by atoms with Crippen molar-refractivity contribution in [2.75, 3.05) is 5.32 Å². The molecular formula is C17H14N6OS4. The van der Waals surface area contributed by atoms with Gasteiger partial charge in [-0.2, -0.15) is 5.10 Å². The average Bonchev–Trinajstić information content (AvgIpc) is 3.44. The van der Waals surface area contributed by atoms with Crippen LogP contribution in [0.3, 0.4) is 0 Å². The summed E-state index contributed by atoms with van der Waals surface area (Å²) in [5.41, 5.74) is 1.21. The van der Waals surface area contributed by atoms with Crippen LogP contribution in [0, 0.1) is 4.77 Å². The lowest BCUT2D eigenvalue weighted by molar-refractivity contribution is -0.116. The van der Waals surface area contributed by atoms with Gasteiger partial charge in [0.25, 0.3) is 0 Å². The number of aromatic nitrogens is 5. The summed E-state index contributed by atoms with van der Waals surface area (Å²) in [6.45, 7) is 0.0502. The van der Waals surface area contributed by atoms with Crippen molar-refractivity contribution >= 4 is 57.7 Å². The molecule has 0 bridgehead atoms. The zero-order valence-electron chi connectivity index (χ0n) is 14.4. The lowest BCUT2D eigenvalue weighted by atomic mass is 10.2. The van der Waals surface area contributed by atoms with E-state index in [9.17, 15) is 4.79 Å². The molecule has 4 rings (SSSR count). The van der Waals surface area contributed by atoms with E-state index in [-0.39, 0.29) is 12.5 Å². The molecule has 1 amide bonds. The van der Waals surface area contributed by atoms with E-state index in [1.165, 1.54) is 28.2 Å². The van der Waals surface area contributed by atoms with Crippen LogP contribution in [0.5, 0.6) is 0 Å². The van der Waals surface area contributed by atoms with Crippen molar-refractivity contribution in [1.29, 1.82) is 0 Å². The van der Waals surface area contributed by atoms with Gasteiger partial charge in [0.05, 0.1) is 4.88 Å². The Hall–Kier alpha value is -2.34. The minimum atomic E-state index is -0.230. The number of amides is 1. The van der Waals surface area contributed by atoms with Crippen molar-refractivity contribution in [3.8, 4) is 10.7 Å². The van der Waals surface area contributed by atoms with Crippen molar-refractivity contribution in [3.05, 3.63) is 58.2 Å². The third kappa shape index (κ3) is 4.55. The van der Waals surface area contributed by atoms with Crippen molar-refractivity contribution < 1.29 is 4.79 Å². The molecule has 0 aliphatic heterocycles. The summed E-state index contributed by atoms with van der Waals surface area (Å²) in [5, 5.41) is 20.4. The average molecular weight is 447 g/mol. The lowest BCUT2D eigenvalue weighted by Crippen LogP contribution is -2.19. The van der Waals surface area contributed by atoms with Crippen LogP contribution >= 0.6 is 46.7 Å². The van der Waals surface area contributed by atoms with Crippen molar-refractivity contribution in [2.45, 2.75) is 16.6 Å². The number of thiophene rings is 1. The molecule has 3 aromatic heterocycles.